The highest BCUT2D eigenvalue weighted by Crippen LogP contribution is 2.41. The lowest BCUT2D eigenvalue weighted by Crippen LogP contribution is -2.43. The summed E-state index contributed by atoms with van der Waals surface area (Å²) in [5.41, 5.74) is -4.13. The molecule has 0 N–H and O–H groups in total. The third kappa shape index (κ3) is 7.33. The summed E-state index contributed by atoms with van der Waals surface area (Å²) in [6, 6.07) is 4.72. The van der Waals surface area contributed by atoms with E-state index in [1.54, 1.807) is 11.4 Å². The van der Waals surface area contributed by atoms with Crippen LogP contribution in [0.3, 0.4) is 0 Å². The molecule has 0 radical (unpaired) electrons. The van der Waals surface area contributed by atoms with E-state index in [0.29, 0.717) is 34.8 Å². The highest BCUT2D eigenvalue weighted by atomic mass is 35.5. The van der Waals surface area contributed by atoms with E-state index in [1.807, 2.05) is 0 Å². The molecule has 2 aliphatic rings. The van der Waals surface area contributed by atoms with Crippen molar-refractivity contribution in [2.24, 2.45) is 5.16 Å². The van der Waals surface area contributed by atoms with Gasteiger partial charge in [0.25, 0.3) is 5.56 Å². The number of likely N-dealkylation sites (tertiary alicyclic amines) is 1. The van der Waals surface area contributed by atoms with Crippen molar-refractivity contribution in [3.05, 3.63) is 78.6 Å². The van der Waals surface area contributed by atoms with Crippen molar-refractivity contribution in [1.29, 1.82) is 0 Å². The Morgan fingerprint density at radius 3 is 2.43 bits per heavy atom. The van der Waals surface area contributed by atoms with Crippen molar-refractivity contribution in [3.63, 3.8) is 0 Å². The number of oxime groups is 1. The third-order valence-electron chi connectivity index (χ3n) is 7.32. The van der Waals surface area contributed by atoms with Crippen LogP contribution in [0.15, 0.2) is 45.7 Å². The number of alkyl halides is 6. The van der Waals surface area contributed by atoms with E-state index in [9.17, 15) is 44.3 Å². The molecular weight excluding hydrogens is 690 g/mol. The van der Waals surface area contributed by atoms with Crippen molar-refractivity contribution in [3.8, 4) is 5.75 Å². The Kier molecular flexibility index (Phi) is 9.18. The van der Waals surface area contributed by atoms with Crippen LogP contribution < -0.4 is 9.74 Å². The van der Waals surface area contributed by atoms with Crippen LogP contribution >= 0.6 is 22.9 Å². The maximum Gasteiger partial charge on any atom is 0.431 e. The van der Waals surface area contributed by atoms with Crippen molar-refractivity contribution in [1.82, 2.24) is 14.5 Å². The molecule has 1 saturated heterocycles. The van der Waals surface area contributed by atoms with Gasteiger partial charge in [-0.2, -0.15) is 34.8 Å². The Balaban J connectivity index is 1.23. The summed E-state index contributed by atoms with van der Waals surface area (Å²) in [5, 5.41) is 6.75. The molecule has 0 aliphatic carbocycles. The predicted octanol–water partition coefficient (Wildman–Crippen LogP) is 5.61. The monoisotopic (exact) mass is 712 g/mol. The van der Waals surface area contributed by atoms with E-state index in [2.05, 4.69) is 10.1 Å². The summed E-state index contributed by atoms with van der Waals surface area (Å²) in [6.45, 7) is -1.04. The second kappa shape index (κ2) is 12.5. The van der Waals surface area contributed by atoms with Crippen LogP contribution in [0, 0.1) is 0 Å². The summed E-state index contributed by atoms with van der Waals surface area (Å²) in [4.78, 5) is 36.6. The predicted molar refractivity (Wildman–Crippen MR) is 153 cm³/mol. The Morgan fingerprint density at radius 2 is 1.80 bits per heavy atom. The van der Waals surface area contributed by atoms with Crippen LogP contribution in [0.2, 0.25) is 5.02 Å². The number of rotatable bonds is 7. The first-order valence-electron chi connectivity index (χ1n) is 13.4. The molecule has 1 amide bonds. The van der Waals surface area contributed by atoms with Crippen molar-refractivity contribution in [2.45, 2.75) is 50.2 Å². The zero-order valence-electron chi connectivity index (χ0n) is 23.6. The standard InChI is InChI=1S/C27H23ClF6N4O6S2/c1-46(41,42)44-19-4-2-3-16(28)23(19)20-11-17(36-43-20)18-13-45-24(35-18)14-7-9-37(10-8-14)22(39)12-38-21(27(32,33)34)6-5-15(25(38)40)26(29,30)31/h2-6,13-14,20H,7-12H2,1H3. The molecule has 0 saturated carbocycles. The molecular formula is C27H23ClF6N4O6S2. The Hall–Kier alpha value is -3.64. The average molecular weight is 713 g/mol. The van der Waals surface area contributed by atoms with Crippen LogP contribution in [-0.4, -0.2) is 53.8 Å². The van der Waals surface area contributed by atoms with E-state index < -0.39 is 57.8 Å². The van der Waals surface area contributed by atoms with Gasteiger partial charge in [0, 0.05) is 30.8 Å². The number of carbonyl (C=O) groups excluding carboxylic acids is 1. The molecule has 10 nitrogen and oxygen atoms in total. The molecule has 5 rings (SSSR count). The highest BCUT2D eigenvalue weighted by Gasteiger charge is 2.41. The Bertz CT molecular complexity index is 1850. The molecule has 46 heavy (non-hydrogen) atoms. The van der Waals surface area contributed by atoms with Crippen LogP contribution in [0.25, 0.3) is 0 Å². The number of benzene rings is 1. The van der Waals surface area contributed by atoms with Crippen LogP contribution in [0.4, 0.5) is 26.3 Å². The number of amides is 1. The number of pyridine rings is 1. The third-order valence-corrected chi connectivity index (χ3v) is 9.14. The topological polar surface area (TPSA) is 120 Å². The molecule has 1 atom stereocenters. The normalized spacial score (nSPS) is 18.0. The molecule has 3 aromatic rings. The zero-order valence-corrected chi connectivity index (χ0v) is 26.0. The van der Waals surface area contributed by atoms with Crippen molar-refractivity contribution in [2.75, 3.05) is 19.3 Å². The van der Waals surface area contributed by atoms with Gasteiger partial charge in [0.05, 0.1) is 27.5 Å². The van der Waals surface area contributed by atoms with Crippen molar-refractivity contribution >= 4 is 44.7 Å². The average Bonchev–Trinajstić information content (AvgIpc) is 3.62. The Morgan fingerprint density at radius 1 is 1.11 bits per heavy atom. The van der Waals surface area contributed by atoms with Gasteiger partial charge in [0.2, 0.25) is 5.91 Å². The van der Waals surface area contributed by atoms with Gasteiger partial charge in [-0.05, 0) is 37.1 Å². The fourth-order valence-corrected chi connectivity index (χ4v) is 6.93. The smallest absolute Gasteiger partial charge is 0.387 e. The van der Waals surface area contributed by atoms with Gasteiger partial charge < -0.3 is 13.9 Å². The van der Waals surface area contributed by atoms with Crippen LogP contribution in [-0.2, 0) is 38.6 Å². The van der Waals surface area contributed by atoms with E-state index in [1.165, 1.54) is 28.4 Å². The summed E-state index contributed by atoms with van der Waals surface area (Å²) < 4.78 is 108. The first kappa shape index (κ1) is 33.7. The molecule has 2 aromatic heterocycles. The summed E-state index contributed by atoms with van der Waals surface area (Å²) in [5.74, 6) is -1.06. The fourth-order valence-electron chi connectivity index (χ4n) is 5.17. The zero-order chi connectivity index (χ0) is 33.6. The van der Waals surface area contributed by atoms with Crippen LogP contribution in [0.5, 0.6) is 5.75 Å². The van der Waals surface area contributed by atoms with Gasteiger partial charge >= 0.3 is 22.5 Å². The number of piperidine rings is 1. The number of carbonyl (C=O) groups is 1. The lowest BCUT2D eigenvalue weighted by molar-refractivity contribution is -0.149. The van der Waals surface area contributed by atoms with Crippen LogP contribution in [0.1, 0.15) is 58.8 Å². The minimum Gasteiger partial charge on any atom is -0.387 e. The SMILES string of the molecule is CS(=O)(=O)Oc1cccc(Cl)c1C1CC(c2csc(C3CCN(C(=O)Cn4c(C(F)(F)F)ccc(C(F)(F)F)c4=O)CC3)n2)=NO1. The summed E-state index contributed by atoms with van der Waals surface area (Å²) in [7, 11) is -3.85. The van der Waals surface area contributed by atoms with Gasteiger partial charge in [0.1, 0.15) is 23.5 Å². The second-order valence-electron chi connectivity index (χ2n) is 10.5. The number of aromatic nitrogens is 2. The number of thiazole rings is 1. The molecule has 4 heterocycles. The molecule has 1 fully saturated rings. The summed E-state index contributed by atoms with van der Waals surface area (Å²) in [6.07, 6.45) is -9.28. The fraction of sp³-hybridized carbons (Fsp3) is 0.407. The minimum absolute atomic E-state index is 0.00397. The van der Waals surface area contributed by atoms with E-state index in [0.717, 1.165) is 6.26 Å². The number of nitrogens with zero attached hydrogens (tertiary/aromatic N) is 4. The van der Waals surface area contributed by atoms with E-state index >= 15 is 0 Å². The molecule has 1 aromatic carbocycles. The quantitative estimate of drug-likeness (QED) is 0.231. The van der Waals surface area contributed by atoms with E-state index in [4.69, 9.17) is 20.6 Å². The van der Waals surface area contributed by atoms with Crippen molar-refractivity contribution < 1.29 is 48.6 Å². The first-order valence-corrected chi connectivity index (χ1v) is 16.5. The second-order valence-corrected chi connectivity index (χ2v) is 13.4. The lowest BCUT2D eigenvalue weighted by atomic mass is 9.97. The molecule has 0 bridgehead atoms. The van der Waals surface area contributed by atoms with E-state index in [-0.39, 0.29) is 52.9 Å². The molecule has 248 valence electrons. The van der Waals surface area contributed by atoms with Gasteiger partial charge in [0.15, 0.2) is 11.9 Å². The molecule has 19 heteroatoms. The molecule has 0 spiro atoms. The highest BCUT2D eigenvalue weighted by molar-refractivity contribution is 7.86. The molecule has 1 unspecified atom stereocenters. The van der Waals surface area contributed by atoms with Gasteiger partial charge in [-0.1, -0.05) is 22.8 Å². The first-order chi connectivity index (χ1) is 21.4. The maximum atomic E-state index is 13.5. The maximum absolute atomic E-state index is 13.5. The summed E-state index contributed by atoms with van der Waals surface area (Å²) >= 11 is 7.64. The lowest BCUT2D eigenvalue weighted by Gasteiger charge is -2.31. The minimum atomic E-state index is -5.20. The largest absolute Gasteiger partial charge is 0.431 e. The molecule has 2 aliphatic heterocycles. The number of halogens is 7. The number of hydrogen-bond acceptors (Lipinski definition) is 9. The van der Waals surface area contributed by atoms with Gasteiger partial charge in [-0.3, -0.25) is 14.2 Å². The van der Waals surface area contributed by atoms with Gasteiger partial charge in [-0.25, -0.2) is 4.98 Å². The van der Waals surface area contributed by atoms with Gasteiger partial charge in [-0.15, -0.1) is 11.3 Å². The Labute approximate surface area is 266 Å². The number of hydrogen-bond donors (Lipinski definition) is 0.